The number of carbonyl (C=O) groups is 1. The van der Waals surface area contributed by atoms with E-state index in [0.29, 0.717) is 27.6 Å². The molecule has 0 atom stereocenters. The predicted molar refractivity (Wildman–Crippen MR) is 95.5 cm³/mol. The molecule has 0 fully saturated rings. The Morgan fingerprint density at radius 1 is 1.19 bits per heavy atom. The quantitative estimate of drug-likeness (QED) is 0.575. The van der Waals surface area contributed by atoms with Gasteiger partial charge in [-0.2, -0.15) is 5.10 Å². The van der Waals surface area contributed by atoms with E-state index in [0.717, 1.165) is 5.56 Å². The van der Waals surface area contributed by atoms with Crippen LogP contribution in [-0.2, 0) is 11.3 Å². The number of nitrogens with zero attached hydrogens (tertiary/aromatic N) is 2. The van der Waals surface area contributed by atoms with E-state index in [9.17, 15) is 14.0 Å². The van der Waals surface area contributed by atoms with E-state index in [4.69, 9.17) is 4.42 Å². The van der Waals surface area contributed by atoms with Gasteiger partial charge in [-0.3, -0.25) is 9.48 Å². The van der Waals surface area contributed by atoms with Crippen LogP contribution in [0.2, 0.25) is 0 Å². The second-order valence-corrected chi connectivity index (χ2v) is 6.01. The van der Waals surface area contributed by atoms with Crippen LogP contribution in [0.15, 0.2) is 57.9 Å². The van der Waals surface area contributed by atoms with Crippen LogP contribution in [0.4, 0.5) is 10.1 Å². The molecule has 0 aliphatic heterocycles. The van der Waals surface area contributed by atoms with Gasteiger partial charge in [0, 0.05) is 11.1 Å². The van der Waals surface area contributed by atoms with Gasteiger partial charge < -0.3 is 9.73 Å². The third kappa shape index (κ3) is 2.83. The molecule has 6 nitrogen and oxygen atoms in total. The fourth-order valence-corrected chi connectivity index (χ4v) is 2.88. The van der Waals surface area contributed by atoms with Crippen LogP contribution in [0.3, 0.4) is 0 Å². The average molecular weight is 351 g/mol. The van der Waals surface area contributed by atoms with Gasteiger partial charge in [-0.05, 0) is 43.3 Å². The van der Waals surface area contributed by atoms with Crippen LogP contribution >= 0.6 is 0 Å². The molecule has 0 radical (unpaired) electrons. The maximum atomic E-state index is 13.0. The number of halogens is 1. The second-order valence-electron chi connectivity index (χ2n) is 6.01. The van der Waals surface area contributed by atoms with Crippen molar-refractivity contribution in [2.75, 3.05) is 5.32 Å². The summed E-state index contributed by atoms with van der Waals surface area (Å²) in [6.45, 7) is 1.84. The molecule has 2 aromatic heterocycles. The van der Waals surface area contributed by atoms with Gasteiger partial charge in [0.05, 0.1) is 11.7 Å². The summed E-state index contributed by atoms with van der Waals surface area (Å²) < 4.78 is 19.7. The van der Waals surface area contributed by atoms with Gasteiger partial charge in [0.2, 0.25) is 5.91 Å². The number of hydrogen-bond donors (Lipinski definition) is 1. The van der Waals surface area contributed by atoms with E-state index in [1.807, 2.05) is 19.1 Å². The first-order valence-electron chi connectivity index (χ1n) is 7.96. The monoisotopic (exact) mass is 351 g/mol. The van der Waals surface area contributed by atoms with Crippen molar-refractivity contribution in [2.24, 2.45) is 0 Å². The van der Waals surface area contributed by atoms with Crippen molar-refractivity contribution < 1.29 is 13.6 Å². The molecule has 0 saturated heterocycles. The summed E-state index contributed by atoms with van der Waals surface area (Å²) >= 11 is 0. The lowest BCUT2D eigenvalue weighted by molar-refractivity contribution is -0.116. The minimum atomic E-state index is -0.499. The molecule has 130 valence electrons. The minimum Gasteiger partial charge on any atom is -0.422 e. The summed E-state index contributed by atoms with van der Waals surface area (Å²) in [4.78, 5) is 24.5. The van der Waals surface area contributed by atoms with Gasteiger partial charge in [-0.25, -0.2) is 9.18 Å². The van der Waals surface area contributed by atoms with Gasteiger partial charge in [0.1, 0.15) is 23.3 Å². The first-order chi connectivity index (χ1) is 12.5. The summed E-state index contributed by atoms with van der Waals surface area (Å²) in [5.74, 6) is -0.717. The summed E-state index contributed by atoms with van der Waals surface area (Å²) in [6.07, 6.45) is 1.40. The Labute approximate surface area is 146 Å². The molecule has 2 heterocycles. The Bertz CT molecular complexity index is 1190. The summed E-state index contributed by atoms with van der Waals surface area (Å²) in [6, 6.07) is 10.9. The number of aryl methyl sites for hydroxylation is 1. The van der Waals surface area contributed by atoms with Gasteiger partial charge in [0.15, 0.2) is 0 Å². The van der Waals surface area contributed by atoms with Crippen molar-refractivity contribution in [3.05, 3.63) is 70.5 Å². The molecule has 0 aliphatic rings. The van der Waals surface area contributed by atoms with Gasteiger partial charge >= 0.3 is 5.63 Å². The van der Waals surface area contributed by atoms with E-state index in [1.54, 1.807) is 6.07 Å². The first kappa shape index (κ1) is 16.0. The third-order valence-electron chi connectivity index (χ3n) is 4.07. The normalized spacial score (nSPS) is 11.2. The predicted octanol–water partition coefficient (Wildman–Crippen LogP) is 3.23. The van der Waals surface area contributed by atoms with Crippen LogP contribution in [-0.4, -0.2) is 15.7 Å². The van der Waals surface area contributed by atoms with Crippen LogP contribution in [0.1, 0.15) is 5.56 Å². The molecule has 1 N–H and O–H groups in total. The van der Waals surface area contributed by atoms with Crippen LogP contribution in [0.5, 0.6) is 0 Å². The highest BCUT2D eigenvalue weighted by molar-refractivity contribution is 6.03. The standard InChI is InChI=1S/C19H14FN3O3/c1-11-2-7-16-14(8-11)18-15(19(25)26-16)9-21-23(18)10-17(24)22-13-5-3-12(20)4-6-13/h2-9H,10H2,1H3,(H,22,24). The number of rotatable bonds is 3. The number of carbonyl (C=O) groups excluding carboxylic acids is 1. The smallest absolute Gasteiger partial charge is 0.347 e. The molecule has 1 amide bonds. The maximum Gasteiger partial charge on any atom is 0.347 e. The van der Waals surface area contributed by atoms with E-state index in [-0.39, 0.29) is 18.3 Å². The minimum absolute atomic E-state index is 0.0899. The molecule has 26 heavy (non-hydrogen) atoms. The number of amides is 1. The number of nitrogens with one attached hydrogen (secondary N) is 1. The molecule has 2 aromatic carbocycles. The van der Waals surface area contributed by atoms with Crippen molar-refractivity contribution >= 4 is 33.5 Å². The molecule has 4 rings (SSSR count). The topological polar surface area (TPSA) is 77.1 Å². The largest absolute Gasteiger partial charge is 0.422 e. The third-order valence-corrected chi connectivity index (χ3v) is 4.07. The van der Waals surface area contributed by atoms with Crippen molar-refractivity contribution in [3.63, 3.8) is 0 Å². The first-order valence-corrected chi connectivity index (χ1v) is 7.96. The van der Waals surface area contributed by atoms with Crippen molar-refractivity contribution in [3.8, 4) is 0 Å². The van der Waals surface area contributed by atoms with Crippen LogP contribution < -0.4 is 10.9 Å². The van der Waals surface area contributed by atoms with Crippen LogP contribution in [0.25, 0.3) is 21.9 Å². The lowest BCUT2D eigenvalue weighted by Crippen LogP contribution is -2.19. The Balaban J connectivity index is 1.73. The second kappa shape index (κ2) is 6.11. The van der Waals surface area contributed by atoms with Crippen molar-refractivity contribution in [1.29, 1.82) is 0 Å². The Morgan fingerprint density at radius 3 is 2.73 bits per heavy atom. The Kier molecular flexibility index (Phi) is 3.76. The zero-order valence-corrected chi connectivity index (χ0v) is 13.8. The van der Waals surface area contributed by atoms with Gasteiger partial charge in [0.25, 0.3) is 0 Å². The SMILES string of the molecule is Cc1ccc2oc(=O)c3cnn(CC(=O)Nc4ccc(F)cc4)c3c2c1. The highest BCUT2D eigenvalue weighted by Crippen LogP contribution is 2.23. The number of anilines is 1. The van der Waals surface area contributed by atoms with E-state index in [1.165, 1.54) is 35.1 Å². The van der Waals surface area contributed by atoms with E-state index < -0.39 is 5.63 Å². The van der Waals surface area contributed by atoms with Gasteiger partial charge in [-0.1, -0.05) is 11.6 Å². The summed E-state index contributed by atoms with van der Waals surface area (Å²) in [7, 11) is 0. The zero-order chi connectivity index (χ0) is 18.3. The van der Waals surface area contributed by atoms with Crippen molar-refractivity contribution in [2.45, 2.75) is 13.5 Å². The molecule has 0 unspecified atom stereocenters. The molecule has 0 spiro atoms. The summed E-state index contributed by atoms with van der Waals surface area (Å²) in [5.41, 5.74) is 1.97. The molecular weight excluding hydrogens is 337 g/mol. The number of benzene rings is 2. The lowest BCUT2D eigenvalue weighted by atomic mass is 10.1. The average Bonchev–Trinajstić information content (AvgIpc) is 3.02. The Hall–Kier alpha value is -3.48. The molecule has 0 saturated carbocycles. The number of fused-ring (bicyclic) bond motifs is 3. The molecular formula is C19H14FN3O3. The van der Waals surface area contributed by atoms with Crippen LogP contribution in [0, 0.1) is 12.7 Å². The fraction of sp³-hybridized carbons (Fsp3) is 0.105. The molecule has 0 aliphatic carbocycles. The molecule has 0 bridgehead atoms. The molecule has 4 aromatic rings. The highest BCUT2D eigenvalue weighted by atomic mass is 19.1. The Morgan fingerprint density at radius 2 is 1.96 bits per heavy atom. The highest BCUT2D eigenvalue weighted by Gasteiger charge is 2.15. The van der Waals surface area contributed by atoms with E-state index in [2.05, 4.69) is 10.4 Å². The van der Waals surface area contributed by atoms with Crippen molar-refractivity contribution in [1.82, 2.24) is 9.78 Å². The number of aromatic nitrogens is 2. The fourth-order valence-electron chi connectivity index (χ4n) is 2.88. The van der Waals surface area contributed by atoms with E-state index >= 15 is 0 Å². The van der Waals surface area contributed by atoms with Gasteiger partial charge in [-0.15, -0.1) is 0 Å². The zero-order valence-electron chi connectivity index (χ0n) is 13.8. The molecule has 7 heteroatoms. The maximum absolute atomic E-state index is 13.0. The number of hydrogen-bond acceptors (Lipinski definition) is 4. The lowest BCUT2D eigenvalue weighted by Gasteiger charge is -2.08. The summed E-state index contributed by atoms with van der Waals surface area (Å²) in [5, 5.41) is 7.88.